The minimum absolute atomic E-state index is 0.362. The van der Waals surface area contributed by atoms with E-state index in [1.807, 2.05) is 24.3 Å². The van der Waals surface area contributed by atoms with Crippen LogP contribution in [0.5, 0.6) is 0 Å². The lowest BCUT2D eigenvalue weighted by Crippen LogP contribution is -2.26. The highest BCUT2D eigenvalue weighted by Gasteiger charge is 2.39. The van der Waals surface area contributed by atoms with Gasteiger partial charge in [0.1, 0.15) is 5.60 Å². The van der Waals surface area contributed by atoms with E-state index in [0.717, 1.165) is 30.0 Å². The van der Waals surface area contributed by atoms with Gasteiger partial charge < -0.3 is 4.74 Å². The monoisotopic (exact) mass is 258 g/mol. The number of benzene rings is 2. The smallest absolute Gasteiger partial charge is 0.120 e. The van der Waals surface area contributed by atoms with Crippen molar-refractivity contribution in [2.75, 3.05) is 6.61 Å². The van der Waals surface area contributed by atoms with Crippen LogP contribution in [0.3, 0.4) is 0 Å². The summed E-state index contributed by atoms with van der Waals surface area (Å²) in [6, 6.07) is 18.4. The summed E-state index contributed by atoms with van der Waals surface area (Å²) in [6.07, 6.45) is 2.06. The van der Waals surface area contributed by atoms with Gasteiger partial charge in [-0.05, 0) is 24.5 Å². The van der Waals surface area contributed by atoms with Crippen LogP contribution in [0, 0.1) is 0 Å². The van der Waals surface area contributed by atoms with E-state index in [1.165, 1.54) is 5.56 Å². The number of rotatable bonds is 2. The number of ether oxygens (including phenoxy) is 1. The van der Waals surface area contributed by atoms with Gasteiger partial charge in [0.15, 0.2) is 0 Å². The number of hydrogen-bond acceptors (Lipinski definition) is 1. The maximum atomic E-state index is 6.36. The Labute approximate surface area is 112 Å². The normalized spacial score (nSPS) is 23.2. The molecule has 0 aromatic heterocycles. The van der Waals surface area contributed by atoms with Crippen molar-refractivity contribution in [3.05, 3.63) is 70.7 Å². The molecule has 1 aliphatic heterocycles. The Balaban J connectivity index is 2.16. The van der Waals surface area contributed by atoms with E-state index < -0.39 is 0 Å². The summed E-state index contributed by atoms with van der Waals surface area (Å²) >= 11 is 6.36. The Morgan fingerprint density at radius 1 is 0.944 bits per heavy atom. The Morgan fingerprint density at radius 2 is 1.67 bits per heavy atom. The van der Waals surface area contributed by atoms with E-state index in [4.69, 9.17) is 16.3 Å². The fraction of sp³-hybridized carbons (Fsp3) is 0.250. The molecule has 1 saturated heterocycles. The average molecular weight is 259 g/mol. The summed E-state index contributed by atoms with van der Waals surface area (Å²) in [5.74, 6) is 0. The minimum atomic E-state index is -0.362. The Morgan fingerprint density at radius 3 is 2.33 bits per heavy atom. The summed E-state index contributed by atoms with van der Waals surface area (Å²) in [7, 11) is 0. The Hall–Kier alpha value is -1.31. The van der Waals surface area contributed by atoms with Gasteiger partial charge >= 0.3 is 0 Å². The van der Waals surface area contributed by atoms with Crippen molar-refractivity contribution in [1.29, 1.82) is 0 Å². The van der Waals surface area contributed by atoms with Gasteiger partial charge in [-0.1, -0.05) is 60.1 Å². The molecule has 0 radical (unpaired) electrons. The first kappa shape index (κ1) is 11.8. The molecule has 0 saturated carbocycles. The highest BCUT2D eigenvalue weighted by Crippen LogP contribution is 2.44. The lowest BCUT2D eigenvalue weighted by molar-refractivity contribution is 0.0361. The first-order chi connectivity index (χ1) is 8.83. The van der Waals surface area contributed by atoms with Gasteiger partial charge in [-0.2, -0.15) is 0 Å². The molecule has 1 aliphatic rings. The summed E-state index contributed by atoms with van der Waals surface area (Å²) in [4.78, 5) is 0. The summed E-state index contributed by atoms with van der Waals surface area (Å²) in [5.41, 5.74) is 1.91. The molecule has 1 fully saturated rings. The van der Waals surface area contributed by atoms with Gasteiger partial charge in [-0.3, -0.25) is 0 Å². The third kappa shape index (κ3) is 1.84. The molecule has 3 rings (SSSR count). The van der Waals surface area contributed by atoms with E-state index in [-0.39, 0.29) is 5.60 Å². The molecular weight excluding hydrogens is 244 g/mol. The summed E-state index contributed by atoms with van der Waals surface area (Å²) in [6.45, 7) is 0.792. The lowest BCUT2D eigenvalue weighted by atomic mass is 9.84. The predicted octanol–water partition coefficient (Wildman–Crippen LogP) is 4.39. The molecule has 0 N–H and O–H groups in total. The second kappa shape index (κ2) is 4.75. The van der Waals surface area contributed by atoms with Crippen LogP contribution in [0.15, 0.2) is 54.6 Å². The fourth-order valence-corrected chi connectivity index (χ4v) is 3.02. The second-order valence-electron chi connectivity index (χ2n) is 4.62. The zero-order chi connectivity index (χ0) is 12.4. The zero-order valence-electron chi connectivity index (χ0n) is 10.1. The van der Waals surface area contributed by atoms with Crippen LogP contribution >= 0.6 is 11.6 Å². The van der Waals surface area contributed by atoms with Crippen molar-refractivity contribution >= 4 is 11.6 Å². The van der Waals surface area contributed by atoms with Crippen LogP contribution in [0.4, 0.5) is 0 Å². The second-order valence-corrected chi connectivity index (χ2v) is 5.03. The minimum Gasteiger partial charge on any atom is -0.365 e. The van der Waals surface area contributed by atoms with Crippen molar-refractivity contribution in [3.8, 4) is 0 Å². The molecule has 92 valence electrons. The molecule has 0 bridgehead atoms. The fourth-order valence-electron chi connectivity index (χ4n) is 2.73. The maximum Gasteiger partial charge on any atom is 0.120 e. The van der Waals surface area contributed by atoms with E-state index >= 15 is 0 Å². The SMILES string of the molecule is Clc1ccccc1C1(c2ccccc2)CCCO1. The molecule has 2 aromatic carbocycles. The molecule has 1 heterocycles. The van der Waals surface area contributed by atoms with Gasteiger partial charge in [-0.25, -0.2) is 0 Å². The third-order valence-electron chi connectivity index (χ3n) is 3.57. The van der Waals surface area contributed by atoms with E-state index in [1.54, 1.807) is 0 Å². The third-order valence-corrected chi connectivity index (χ3v) is 3.90. The topological polar surface area (TPSA) is 9.23 Å². The molecular formula is C16H15ClO. The highest BCUT2D eigenvalue weighted by atomic mass is 35.5. The van der Waals surface area contributed by atoms with E-state index in [2.05, 4.69) is 30.3 Å². The number of halogens is 1. The average Bonchev–Trinajstić information content (AvgIpc) is 2.91. The van der Waals surface area contributed by atoms with Crippen molar-refractivity contribution in [3.63, 3.8) is 0 Å². The molecule has 18 heavy (non-hydrogen) atoms. The van der Waals surface area contributed by atoms with Gasteiger partial charge in [0.05, 0.1) is 0 Å². The standard InChI is InChI=1S/C16H15ClO/c17-15-10-5-4-9-14(15)16(11-6-12-18-16)13-7-2-1-3-8-13/h1-5,7-10H,6,11-12H2. The van der Waals surface area contributed by atoms with Crippen LogP contribution in [0.1, 0.15) is 24.0 Å². The van der Waals surface area contributed by atoms with Crippen LogP contribution in [0.25, 0.3) is 0 Å². The first-order valence-corrected chi connectivity index (χ1v) is 6.65. The Bertz CT molecular complexity index is 530. The lowest BCUT2D eigenvalue weighted by Gasteiger charge is -2.30. The highest BCUT2D eigenvalue weighted by molar-refractivity contribution is 6.31. The van der Waals surface area contributed by atoms with Crippen molar-refractivity contribution in [1.82, 2.24) is 0 Å². The zero-order valence-corrected chi connectivity index (χ0v) is 10.9. The van der Waals surface area contributed by atoms with Crippen molar-refractivity contribution in [2.24, 2.45) is 0 Å². The van der Waals surface area contributed by atoms with Crippen molar-refractivity contribution in [2.45, 2.75) is 18.4 Å². The Kier molecular flexibility index (Phi) is 3.11. The van der Waals surface area contributed by atoms with Crippen LogP contribution in [-0.4, -0.2) is 6.61 Å². The predicted molar refractivity (Wildman–Crippen MR) is 73.9 cm³/mol. The van der Waals surface area contributed by atoms with Gasteiger partial charge in [0, 0.05) is 17.2 Å². The van der Waals surface area contributed by atoms with Crippen molar-refractivity contribution < 1.29 is 4.74 Å². The van der Waals surface area contributed by atoms with Crippen LogP contribution in [-0.2, 0) is 10.3 Å². The molecule has 1 unspecified atom stereocenters. The number of hydrogen-bond donors (Lipinski definition) is 0. The molecule has 2 aromatic rings. The summed E-state index contributed by atoms with van der Waals surface area (Å²) < 4.78 is 6.11. The molecule has 0 spiro atoms. The van der Waals surface area contributed by atoms with Gasteiger partial charge in [0.25, 0.3) is 0 Å². The molecule has 2 heteroatoms. The molecule has 0 amide bonds. The van der Waals surface area contributed by atoms with Gasteiger partial charge in [-0.15, -0.1) is 0 Å². The van der Waals surface area contributed by atoms with E-state index in [9.17, 15) is 0 Å². The first-order valence-electron chi connectivity index (χ1n) is 6.27. The largest absolute Gasteiger partial charge is 0.365 e. The quantitative estimate of drug-likeness (QED) is 0.776. The van der Waals surface area contributed by atoms with E-state index in [0.29, 0.717) is 0 Å². The van der Waals surface area contributed by atoms with Crippen LogP contribution < -0.4 is 0 Å². The summed E-state index contributed by atoms with van der Waals surface area (Å²) in [5, 5.41) is 0.781. The molecule has 1 nitrogen and oxygen atoms in total. The molecule has 1 atom stereocenters. The van der Waals surface area contributed by atoms with Crippen LogP contribution in [0.2, 0.25) is 5.02 Å². The molecule has 0 aliphatic carbocycles. The maximum absolute atomic E-state index is 6.36. The van der Waals surface area contributed by atoms with Gasteiger partial charge in [0.2, 0.25) is 0 Å².